The smallest absolute Gasteiger partial charge is 0.318 e. The molecule has 0 spiro atoms. The highest BCUT2D eigenvalue weighted by Crippen LogP contribution is 2.24. The van der Waals surface area contributed by atoms with Gasteiger partial charge in [-0.1, -0.05) is 12.1 Å². The minimum Gasteiger partial charge on any atom is -0.494 e. The van der Waals surface area contributed by atoms with Gasteiger partial charge in [0.1, 0.15) is 17.1 Å². The van der Waals surface area contributed by atoms with Crippen LogP contribution in [0.4, 0.5) is 5.82 Å². The van der Waals surface area contributed by atoms with Gasteiger partial charge in [0, 0.05) is 32.9 Å². The van der Waals surface area contributed by atoms with E-state index in [1.165, 1.54) is 0 Å². The quantitative estimate of drug-likeness (QED) is 0.646. The SMILES string of the molecule is CCOc1ncc2c(n1)N(C)CCN(Cc1ccc(OCCCNC)cc1)C2=O. The van der Waals surface area contributed by atoms with E-state index in [4.69, 9.17) is 9.47 Å². The Kier molecular flexibility index (Phi) is 7.24. The van der Waals surface area contributed by atoms with Crippen LogP contribution < -0.4 is 19.7 Å². The lowest BCUT2D eigenvalue weighted by atomic mass is 10.2. The van der Waals surface area contributed by atoms with Gasteiger partial charge < -0.3 is 24.6 Å². The lowest BCUT2D eigenvalue weighted by molar-refractivity contribution is 0.0754. The zero-order chi connectivity index (χ0) is 20.6. The van der Waals surface area contributed by atoms with Crippen molar-refractivity contribution in [3.8, 4) is 11.8 Å². The summed E-state index contributed by atoms with van der Waals surface area (Å²) in [6.45, 7) is 5.80. The van der Waals surface area contributed by atoms with Crippen molar-refractivity contribution in [2.75, 3.05) is 51.8 Å². The third-order valence-corrected chi connectivity index (χ3v) is 4.74. The molecule has 1 aromatic carbocycles. The van der Waals surface area contributed by atoms with Crippen molar-refractivity contribution >= 4 is 11.7 Å². The maximum atomic E-state index is 13.1. The topological polar surface area (TPSA) is 79.8 Å². The summed E-state index contributed by atoms with van der Waals surface area (Å²) in [6.07, 6.45) is 2.52. The van der Waals surface area contributed by atoms with E-state index in [9.17, 15) is 4.79 Å². The van der Waals surface area contributed by atoms with Crippen molar-refractivity contribution in [1.29, 1.82) is 0 Å². The molecule has 2 heterocycles. The summed E-state index contributed by atoms with van der Waals surface area (Å²) in [7, 11) is 3.86. The monoisotopic (exact) mass is 399 g/mol. The van der Waals surface area contributed by atoms with Gasteiger partial charge in [-0.3, -0.25) is 4.79 Å². The molecule has 0 saturated heterocycles. The Balaban J connectivity index is 1.67. The molecule has 0 saturated carbocycles. The molecular formula is C21H29N5O3. The Morgan fingerprint density at radius 2 is 1.97 bits per heavy atom. The number of nitrogens with one attached hydrogen (secondary N) is 1. The molecule has 0 fully saturated rings. The molecule has 8 nitrogen and oxygen atoms in total. The summed E-state index contributed by atoms with van der Waals surface area (Å²) in [5.41, 5.74) is 1.55. The van der Waals surface area contributed by atoms with Crippen molar-refractivity contribution in [3.05, 3.63) is 41.6 Å². The summed E-state index contributed by atoms with van der Waals surface area (Å²) >= 11 is 0. The van der Waals surface area contributed by atoms with Crippen molar-refractivity contribution < 1.29 is 14.3 Å². The number of fused-ring (bicyclic) bond motifs is 1. The van der Waals surface area contributed by atoms with Crippen LogP contribution in [0.15, 0.2) is 30.5 Å². The Hall–Kier alpha value is -2.87. The van der Waals surface area contributed by atoms with Gasteiger partial charge in [0.15, 0.2) is 0 Å². The number of hydrogen-bond donors (Lipinski definition) is 1. The first-order chi connectivity index (χ1) is 14.1. The van der Waals surface area contributed by atoms with Crippen LogP contribution >= 0.6 is 0 Å². The highest BCUT2D eigenvalue weighted by atomic mass is 16.5. The van der Waals surface area contributed by atoms with Crippen LogP contribution in [-0.2, 0) is 6.54 Å². The van der Waals surface area contributed by atoms with E-state index in [2.05, 4.69) is 15.3 Å². The molecule has 1 N–H and O–H groups in total. The standard InChI is InChI=1S/C21H29N5O3/c1-4-28-21-23-14-18-19(24-21)25(3)11-12-26(20(18)27)15-16-6-8-17(9-7-16)29-13-5-10-22-2/h6-9,14,22H,4-5,10-13,15H2,1-3H3. The van der Waals surface area contributed by atoms with Crippen LogP contribution in [0.5, 0.6) is 11.8 Å². The third kappa shape index (κ3) is 5.35. The Morgan fingerprint density at radius 3 is 2.69 bits per heavy atom. The summed E-state index contributed by atoms with van der Waals surface area (Å²) in [6, 6.07) is 8.21. The molecule has 1 aromatic heterocycles. The van der Waals surface area contributed by atoms with E-state index in [0.29, 0.717) is 50.2 Å². The largest absolute Gasteiger partial charge is 0.494 e. The highest BCUT2D eigenvalue weighted by molar-refractivity contribution is 5.99. The van der Waals surface area contributed by atoms with Gasteiger partial charge in [-0.15, -0.1) is 0 Å². The molecule has 2 aromatic rings. The molecule has 0 bridgehead atoms. The van der Waals surface area contributed by atoms with Gasteiger partial charge in [0.2, 0.25) is 0 Å². The molecule has 1 amide bonds. The minimum absolute atomic E-state index is 0.0696. The van der Waals surface area contributed by atoms with Crippen LogP contribution in [0, 0.1) is 0 Å². The number of likely N-dealkylation sites (N-methyl/N-ethyl adjacent to an activating group) is 1. The number of carbonyl (C=O) groups excluding carboxylic acids is 1. The molecule has 1 aliphatic rings. The lowest BCUT2D eigenvalue weighted by Crippen LogP contribution is -2.33. The Morgan fingerprint density at radius 1 is 1.17 bits per heavy atom. The van der Waals surface area contributed by atoms with Crippen LogP contribution in [-0.4, -0.2) is 67.7 Å². The number of anilines is 1. The Bertz CT molecular complexity index is 812. The van der Waals surface area contributed by atoms with Gasteiger partial charge in [0.25, 0.3) is 5.91 Å². The number of nitrogens with zero attached hydrogens (tertiary/aromatic N) is 4. The summed E-state index contributed by atoms with van der Waals surface area (Å²) < 4.78 is 11.1. The van der Waals surface area contributed by atoms with Crippen LogP contribution in [0.25, 0.3) is 0 Å². The van der Waals surface area contributed by atoms with Crippen molar-refractivity contribution in [3.63, 3.8) is 0 Å². The molecule has 0 unspecified atom stereocenters. The molecule has 3 rings (SSSR count). The summed E-state index contributed by atoms with van der Waals surface area (Å²) in [4.78, 5) is 25.5. The molecular weight excluding hydrogens is 370 g/mol. The molecule has 8 heteroatoms. The van der Waals surface area contributed by atoms with Gasteiger partial charge in [-0.2, -0.15) is 4.98 Å². The average molecular weight is 399 g/mol. The minimum atomic E-state index is -0.0696. The number of amides is 1. The molecule has 0 atom stereocenters. The number of aromatic nitrogens is 2. The van der Waals surface area contributed by atoms with Gasteiger partial charge in [-0.05, 0) is 44.6 Å². The van der Waals surface area contributed by atoms with Crippen LogP contribution in [0.2, 0.25) is 0 Å². The van der Waals surface area contributed by atoms with Crippen molar-refractivity contribution in [1.82, 2.24) is 20.2 Å². The molecule has 0 aliphatic carbocycles. The Labute approximate surface area is 171 Å². The van der Waals surface area contributed by atoms with Gasteiger partial charge >= 0.3 is 6.01 Å². The number of benzene rings is 1. The van der Waals surface area contributed by atoms with E-state index in [1.54, 1.807) is 6.20 Å². The number of rotatable bonds is 9. The number of hydrogen-bond acceptors (Lipinski definition) is 7. The van der Waals surface area contributed by atoms with E-state index in [-0.39, 0.29) is 5.91 Å². The second-order valence-corrected chi connectivity index (χ2v) is 6.92. The lowest BCUT2D eigenvalue weighted by Gasteiger charge is -2.21. The average Bonchev–Trinajstić information content (AvgIpc) is 2.85. The second kappa shape index (κ2) is 10.1. The first-order valence-corrected chi connectivity index (χ1v) is 9.99. The third-order valence-electron chi connectivity index (χ3n) is 4.74. The first kappa shape index (κ1) is 20.9. The van der Waals surface area contributed by atoms with Crippen molar-refractivity contribution in [2.45, 2.75) is 19.9 Å². The molecule has 0 radical (unpaired) electrons. The summed E-state index contributed by atoms with van der Waals surface area (Å²) in [5, 5.41) is 3.10. The fraction of sp³-hybridized carbons (Fsp3) is 0.476. The predicted octanol–water partition coefficient (Wildman–Crippen LogP) is 1.96. The van der Waals surface area contributed by atoms with E-state index in [0.717, 1.165) is 24.3 Å². The zero-order valence-electron chi connectivity index (χ0n) is 17.4. The fourth-order valence-corrected chi connectivity index (χ4v) is 3.15. The maximum Gasteiger partial charge on any atom is 0.318 e. The number of ether oxygens (including phenoxy) is 2. The fourth-order valence-electron chi connectivity index (χ4n) is 3.15. The summed E-state index contributed by atoms with van der Waals surface area (Å²) in [5.74, 6) is 1.38. The number of carbonyl (C=O) groups is 1. The zero-order valence-corrected chi connectivity index (χ0v) is 17.4. The molecule has 29 heavy (non-hydrogen) atoms. The van der Waals surface area contributed by atoms with E-state index >= 15 is 0 Å². The second-order valence-electron chi connectivity index (χ2n) is 6.92. The van der Waals surface area contributed by atoms with E-state index < -0.39 is 0 Å². The van der Waals surface area contributed by atoms with Crippen LogP contribution in [0.1, 0.15) is 29.3 Å². The molecule has 156 valence electrons. The molecule has 1 aliphatic heterocycles. The van der Waals surface area contributed by atoms with Gasteiger partial charge in [0.05, 0.1) is 13.2 Å². The predicted molar refractivity (Wildman–Crippen MR) is 112 cm³/mol. The highest BCUT2D eigenvalue weighted by Gasteiger charge is 2.27. The van der Waals surface area contributed by atoms with Crippen molar-refractivity contribution in [2.24, 2.45) is 0 Å². The normalized spacial score (nSPS) is 13.8. The first-order valence-electron chi connectivity index (χ1n) is 9.99. The van der Waals surface area contributed by atoms with Gasteiger partial charge in [-0.25, -0.2) is 4.98 Å². The van der Waals surface area contributed by atoms with E-state index in [1.807, 2.05) is 55.1 Å². The maximum absolute atomic E-state index is 13.1. The van der Waals surface area contributed by atoms with Crippen LogP contribution in [0.3, 0.4) is 0 Å².